The predicted octanol–water partition coefficient (Wildman–Crippen LogP) is 1.31. The van der Waals surface area contributed by atoms with Gasteiger partial charge in [-0.15, -0.1) is 11.8 Å². The number of nitrogens with one attached hydrogen (secondary N) is 1. The molecule has 0 radical (unpaired) electrons. The van der Waals surface area contributed by atoms with E-state index in [0.717, 1.165) is 5.56 Å². The van der Waals surface area contributed by atoms with Gasteiger partial charge in [0.1, 0.15) is 11.9 Å². The minimum atomic E-state index is -1.61. The molecule has 4 rings (SSSR count). The molecule has 0 spiro atoms. The number of para-hydroxylation sites is 1. The summed E-state index contributed by atoms with van der Waals surface area (Å²) in [6, 6.07) is 16.2. The third kappa shape index (κ3) is 2.55. The number of thioether (sulfide) groups is 1. The summed E-state index contributed by atoms with van der Waals surface area (Å²) >= 11 is 1.39. The molecule has 7 heteroatoms. The molecule has 0 saturated carbocycles. The number of primary amides is 1. The summed E-state index contributed by atoms with van der Waals surface area (Å²) in [5.41, 5.74) is 5.47. The van der Waals surface area contributed by atoms with Crippen molar-refractivity contribution in [2.75, 3.05) is 5.75 Å². The Labute approximate surface area is 154 Å². The van der Waals surface area contributed by atoms with Crippen molar-refractivity contribution in [3.63, 3.8) is 0 Å². The number of ether oxygens (including phenoxy) is 1. The molecule has 2 unspecified atom stereocenters. The number of hydrogen-bond acceptors (Lipinski definition) is 5. The zero-order valence-electron chi connectivity index (χ0n) is 13.8. The highest BCUT2D eigenvalue weighted by atomic mass is 32.2. The fourth-order valence-corrected chi connectivity index (χ4v) is 4.98. The highest BCUT2D eigenvalue weighted by Gasteiger charge is 2.53. The van der Waals surface area contributed by atoms with Gasteiger partial charge < -0.3 is 20.9 Å². The first-order chi connectivity index (χ1) is 12.5. The van der Waals surface area contributed by atoms with E-state index < -0.39 is 29.6 Å². The van der Waals surface area contributed by atoms with E-state index in [1.165, 1.54) is 11.8 Å². The molecule has 2 aliphatic rings. The van der Waals surface area contributed by atoms with Crippen LogP contribution in [0.1, 0.15) is 22.5 Å². The molecule has 26 heavy (non-hydrogen) atoms. The van der Waals surface area contributed by atoms with Crippen molar-refractivity contribution in [3.05, 3.63) is 65.7 Å². The number of carbonyl (C=O) groups is 2. The standard InChI is InChI=1S/C19H18N2O4S/c20-18(24)19(16(22)11-6-2-1-3-7-11)10-26-15-12-8-4-5-9-13(12)25-14(15)17(23)21-19/h1-9,14-16,22H,10H2,(H2,20,24)(H,21,23)/t14-,15?,16?,19-/m1/s1. The van der Waals surface area contributed by atoms with Gasteiger partial charge in [-0.25, -0.2) is 0 Å². The minimum absolute atomic E-state index is 0.142. The van der Waals surface area contributed by atoms with Crippen molar-refractivity contribution in [1.29, 1.82) is 0 Å². The van der Waals surface area contributed by atoms with Crippen LogP contribution >= 0.6 is 11.8 Å². The first-order valence-electron chi connectivity index (χ1n) is 8.25. The molecular weight excluding hydrogens is 352 g/mol. The van der Waals surface area contributed by atoms with E-state index in [2.05, 4.69) is 5.32 Å². The Morgan fingerprint density at radius 1 is 1.23 bits per heavy atom. The number of carbonyl (C=O) groups excluding carboxylic acids is 2. The lowest BCUT2D eigenvalue weighted by atomic mass is 9.88. The van der Waals surface area contributed by atoms with Crippen LogP contribution in [0.15, 0.2) is 54.6 Å². The summed E-state index contributed by atoms with van der Waals surface area (Å²) in [6.07, 6.45) is -2.02. The van der Waals surface area contributed by atoms with Gasteiger partial charge in [0.05, 0.1) is 5.25 Å². The fourth-order valence-electron chi connectivity index (χ4n) is 3.44. The average molecular weight is 370 g/mol. The summed E-state index contributed by atoms with van der Waals surface area (Å²) in [5.74, 6) is -0.420. The SMILES string of the molecule is NC(=O)[C@]1(C(O)c2ccccc2)CSC2c3ccccc3O[C@H]2C(=O)N1. The third-order valence-corrected chi connectivity index (χ3v) is 6.35. The van der Waals surface area contributed by atoms with Crippen molar-refractivity contribution in [1.82, 2.24) is 5.32 Å². The van der Waals surface area contributed by atoms with Crippen LogP contribution in [0, 0.1) is 0 Å². The Bertz CT molecular complexity index is 860. The zero-order chi connectivity index (χ0) is 18.3. The molecule has 1 fully saturated rings. The van der Waals surface area contributed by atoms with E-state index in [0.29, 0.717) is 11.3 Å². The fraction of sp³-hybridized carbons (Fsp3) is 0.263. The first kappa shape index (κ1) is 16.9. The van der Waals surface area contributed by atoms with Crippen LogP contribution in [0.2, 0.25) is 0 Å². The number of rotatable bonds is 3. The zero-order valence-corrected chi connectivity index (χ0v) is 14.6. The molecule has 1 saturated heterocycles. The van der Waals surface area contributed by atoms with E-state index in [1.807, 2.05) is 30.3 Å². The first-order valence-corrected chi connectivity index (χ1v) is 9.30. The lowest BCUT2D eigenvalue weighted by Gasteiger charge is -2.34. The van der Waals surface area contributed by atoms with Crippen LogP contribution in [0.25, 0.3) is 0 Å². The lowest BCUT2D eigenvalue weighted by molar-refractivity contribution is -0.138. The Morgan fingerprint density at radius 3 is 2.65 bits per heavy atom. The van der Waals surface area contributed by atoms with Crippen LogP contribution in [-0.2, 0) is 9.59 Å². The molecule has 0 aromatic heterocycles. The summed E-state index contributed by atoms with van der Waals surface area (Å²) in [4.78, 5) is 25.2. The van der Waals surface area contributed by atoms with Crippen LogP contribution in [0.3, 0.4) is 0 Å². The Hall–Kier alpha value is -2.51. The van der Waals surface area contributed by atoms with E-state index in [4.69, 9.17) is 10.5 Å². The smallest absolute Gasteiger partial charge is 0.263 e. The second-order valence-corrected chi connectivity index (χ2v) is 7.58. The van der Waals surface area contributed by atoms with Gasteiger partial charge in [-0.1, -0.05) is 48.5 Å². The predicted molar refractivity (Wildman–Crippen MR) is 97.5 cm³/mol. The van der Waals surface area contributed by atoms with Gasteiger partial charge in [0, 0.05) is 11.3 Å². The average Bonchev–Trinajstić information content (AvgIpc) is 2.96. The van der Waals surface area contributed by atoms with Gasteiger partial charge in [-0.2, -0.15) is 0 Å². The number of aliphatic hydroxyl groups is 1. The van der Waals surface area contributed by atoms with E-state index in [9.17, 15) is 14.7 Å². The number of nitrogens with two attached hydrogens (primary N) is 1. The highest BCUT2D eigenvalue weighted by Crippen LogP contribution is 2.48. The maximum atomic E-state index is 12.9. The monoisotopic (exact) mass is 370 g/mol. The number of amides is 2. The Morgan fingerprint density at radius 2 is 1.92 bits per heavy atom. The molecule has 4 N–H and O–H groups in total. The van der Waals surface area contributed by atoms with Gasteiger partial charge in [0.2, 0.25) is 5.91 Å². The molecule has 0 bridgehead atoms. The summed E-state index contributed by atoms with van der Waals surface area (Å²) in [5, 5.41) is 13.3. The maximum absolute atomic E-state index is 12.9. The van der Waals surface area contributed by atoms with Crippen LogP contribution in [-0.4, -0.2) is 34.3 Å². The van der Waals surface area contributed by atoms with Crippen molar-refractivity contribution in [2.45, 2.75) is 23.0 Å². The van der Waals surface area contributed by atoms with E-state index in [-0.39, 0.29) is 11.0 Å². The second-order valence-electron chi connectivity index (χ2n) is 6.45. The number of hydrogen-bond donors (Lipinski definition) is 3. The number of aliphatic hydroxyl groups excluding tert-OH is 1. The van der Waals surface area contributed by atoms with Gasteiger partial charge >= 0.3 is 0 Å². The van der Waals surface area contributed by atoms with Crippen molar-refractivity contribution in [3.8, 4) is 5.75 Å². The Kier molecular flexibility index (Phi) is 4.13. The maximum Gasteiger partial charge on any atom is 0.263 e. The molecule has 2 aliphatic heterocycles. The van der Waals surface area contributed by atoms with Crippen molar-refractivity contribution >= 4 is 23.6 Å². The molecule has 2 aromatic rings. The second kappa shape index (κ2) is 6.34. The third-order valence-electron chi connectivity index (χ3n) is 4.87. The largest absolute Gasteiger partial charge is 0.479 e. The van der Waals surface area contributed by atoms with Gasteiger partial charge in [-0.3, -0.25) is 9.59 Å². The Balaban J connectivity index is 1.71. The molecule has 6 nitrogen and oxygen atoms in total. The summed E-state index contributed by atoms with van der Waals surface area (Å²) in [6.45, 7) is 0. The number of benzene rings is 2. The molecule has 4 atom stereocenters. The van der Waals surface area contributed by atoms with Crippen molar-refractivity contribution in [2.24, 2.45) is 5.73 Å². The highest BCUT2D eigenvalue weighted by molar-refractivity contribution is 7.99. The van der Waals surface area contributed by atoms with Crippen molar-refractivity contribution < 1.29 is 19.4 Å². The molecule has 0 aliphatic carbocycles. The summed E-state index contributed by atoms with van der Waals surface area (Å²) in [7, 11) is 0. The van der Waals surface area contributed by atoms with E-state index >= 15 is 0 Å². The van der Waals surface area contributed by atoms with E-state index in [1.54, 1.807) is 24.3 Å². The topological polar surface area (TPSA) is 102 Å². The van der Waals surface area contributed by atoms with Crippen LogP contribution in [0.4, 0.5) is 0 Å². The lowest BCUT2D eigenvalue weighted by Crippen LogP contribution is -2.63. The normalized spacial score (nSPS) is 28.1. The molecular formula is C19H18N2O4S. The quantitative estimate of drug-likeness (QED) is 0.756. The van der Waals surface area contributed by atoms with Crippen LogP contribution < -0.4 is 15.8 Å². The number of fused-ring (bicyclic) bond motifs is 3. The van der Waals surface area contributed by atoms with Gasteiger partial charge in [-0.05, 0) is 11.6 Å². The van der Waals surface area contributed by atoms with Gasteiger partial charge in [0.25, 0.3) is 5.91 Å². The van der Waals surface area contributed by atoms with Crippen LogP contribution in [0.5, 0.6) is 5.75 Å². The molecule has 2 aromatic carbocycles. The molecule has 2 heterocycles. The molecule has 2 amide bonds. The molecule has 134 valence electrons. The minimum Gasteiger partial charge on any atom is -0.479 e. The van der Waals surface area contributed by atoms with Gasteiger partial charge in [0.15, 0.2) is 11.6 Å². The summed E-state index contributed by atoms with van der Waals surface area (Å²) < 4.78 is 5.80.